The van der Waals surface area contributed by atoms with Crippen LogP contribution < -0.4 is 15.0 Å². The Hall–Kier alpha value is -1.94. The van der Waals surface area contributed by atoms with E-state index < -0.39 is 0 Å². The molecule has 9 heteroatoms. The number of thiocarbonyl (C=S) groups is 1. The van der Waals surface area contributed by atoms with Crippen LogP contribution in [0.15, 0.2) is 78.1 Å². The fraction of sp³-hybridized carbons (Fsp3) is 0.0476. The highest BCUT2D eigenvalue weighted by Gasteiger charge is 2.32. The van der Waals surface area contributed by atoms with Gasteiger partial charge in [-0.25, -0.2) is 0 Å². The summed E-state index contributed by atoms with van der Waals surface area (Å²) in [4.78, 5) is 14.2. The highest BCUT2D eigenvalue weighted by atomic mass is 79.9. The first-order chi connectivity index (χ1) is 14.4. The standard InChI is InChI=1S/C21H13Br3N2O3S/c22-12-8-16(23)19(17(24)9-12)28-11-15-7-6-14(29-15)10-18-20(27)26(21(30)25-18)13-4-2-1-3-5-13/h1-10H,11H2,(H,25,30)/b18-10+. The molecule has 0 radical (unpaired) electrons. The lowest BCUT2D eigenvalue weighted by Crippen LogP contribution is -2.30. The molecular weight excluding hydrogens is 600 g/mol. The number of benzene rings is 2. The Morgan fingerprint density at radius 3 is 2.47 bits per heavy atom. The first-order valence-corrected chi connectivity index (χ1v) is 11.5. The van der Waals surface area contributed by atoms with Crippen molar-refractivity contribution in [3.8, 4) is 5.75 Å². The van der Waals surface area contributed by atoms with Crippen LogP contribution in [0, 0.1) is 0 Å². The number of ether oxygens (including phenoxy) is 1. The lowest BCUT2D eigenvalue weighted by atomic mass is 10.3. The third-order valence-corrected chi connectivity index (χ3v) is 6.10. The summed E-state index contributed by atoms with van der Waals surface area (Å²) in [5, 5.41) is 3.28. The van der Waals surface area contributed by atoms with Gasteiger partial charge in [-0.1, -0.05) is 34.1 Å². The molecule has 1 N–H and O–H groups in total. The Bertz CT molecular complexity index is 1140. The molecule has 1 amide bonds. The zero-order chi connectivity index (χ0) is 21.3. The van der Waals surface area contributed by atoms with E-state index in [4.69, 9.17) is 21.4 Å². The van der Waals surface area contributed by atoms with Gasteiger partial charge >= 0.3 is 0 Å². The molecule has 1 aliphatic heterocycles. The van der Waals surface area contributed by atoms with Crippen molar-refractivity contribution in [1.82, 2.24) is 5.32 Å². The second kappa shape index (κ2) is 9.05. The summed E-state index contributed by atoms with van der Waals surface area (Å²) in [7, 11) is 0. The fourth-order valence-electron chi connectivity index (χ4n) is 2.85. The first-order valence-electron chi connectivity index (χ1n) is 8.70. The summed E-state index contributed by atoms with van der Waals surface area (Å²) >= 11 is 15.7. The van der Waals surface area contributed by atoms with Gasteiger partial charge in [0, 0.05) is 10.5 Å². The van der Waals surface area contributed by atoms with E-state index in [1.807, 2.05) is 42.5 Å². The number of nitrogens with zero attached hydrogens (tertiary/aromatic N) is 1. The van der Waals surface area contributed by atoms with Crippen LogP contribution >= 0.6 is 60.0 Å². The maximum absolute atomic E-state index is 12.8. The van der Waals surface area contributed by atoms with Gasteiger partial charge in [0.15, 0.2) is 5.11 Å². The Labute approximate surface area is 203 Å². The minimum Gasteiger partial charge on any atom is -0.483 e. The maximum Gasteiger partial charge on any atom is 0.281 e. The zero-order valence-electron chi connectivity index (χ0n) is 15.2. The average Bonchev–Trinajstić information content (AvgIpc) is 3.25. The molecule has 0 aliphatic carbocycles. The lowest BCUT2D eigenvalue weighted by Gasteiger charge is -2.13. The number of carbonyl (C=O) groups is 1. The van der Waals surface area contributed by atoms with Gasteiger partial charge in [-0.3, -0.25) is 9.69 Å². The van der Waals surface area contributed by atoms with Gasteiger partial charge in [-0.2, -0.15) is 0 Å². The van der Waals surface area contributed by atoms with E-state index >= 15 is 0 Å². The summed E-state index contributed by atoms with van der Waals surface area (Å²) in [6.07, 6.45) is 1.63. The van der Waals surface area contributed by atoms with Gasteiger partial charge in [0.1, 0.15) is 29.6 Å². The van der Waals surface area contributed by atoms with Crippen molar-refractivity contribution in [3.63, 3.8) is 0 Å². The lowest BCUT2D eigenvalue weighted by molar-refractivity contribution is -0.113. The second-order valence-corrected chi connectivity index (χ2v) is 9.27. The number of hydrogen-bond donors (Lipinski definition) is 1. The van der Waals surface area contributed by atoms with Gasteiger partial charge < -0.3 is 14.5 Å². The molecule has 0 unspecified atom stereocenters. The third kappa shape index (κ3) is 4.54. The van der Waals surface area contributed by atoms with Crippen LogP contribution in [0.25, 0.3) is 6.08 Å². The number of nitrogens with one attached hydrogen (secondary N) is 1. The van der Waals surface area contributed by atoms with E-state index in [9.17, 15) is 4.79 Å². The van der Waals surface area contributed by atoms with Gasteiger partial charge in [-0.15, -0.1) is 0 Å². The van der Waals surface area contributed by atoms with Crippen LogP contribution in [-0.4, -0.2) is 11.0 Å². The highest BCUT2D eigenvalue weighted by Crippen LogP contribution is 2.37. The third-order valence-electron chi connectivity index (χ3n) is 4.18. The normalized spacial score (nSPS) is 15.0. The van der Waals surface area contributed by atoms with Crippen molar-refractivity contribution in [3.05, 3.63) is 85.2 Å². The van der Waals surface area contributed by atoms with Gasteiger partial charge in [-0.05, 0) is 80.5 Å². The van der Waals surface area contributed by atoms with Crippen LogP contribution in [0.3, 0.4) is 0 Å². The number of furan rings is 1. The van der Waals surface area contributed by atoms with Crippen molar-refractivity contribution in [2.45, 2.75) is 6.61 Å². The van der Waals surface area contributed by atoms with Crippen LogP contribution in [0.5, 0.6) is 5.75 Å². The Balaban J connectivity index is 1.48. The van der Waals surface area contributed by atoms with Crippen LogP contribution in [0.4, 0.5) is 5.69 Å². The summed E-state index contributed by atoms with van der Waals surface area (Å²) in [6.45, 7) is 0.234. The van der Waals surface area contributed by atoms with E-state index in [0.29, 0.717) is 33.8 Å². The number of para-hydroxylation sites is 1. The van der Waals surface area contributed by atoms with Gasteiger partial charge in [0.25, 0.3) is 5.91 Å². The topological polar surface area (TPSA) is 54.7 Å². The number of carbonyl (C=O) groups excluding carboxylic acids is 1. The minimum atomic E-state index is -0.233. The van der Waals surface area contributed by atoms with Gasteiger partial charge in [0.2, 0.25) is 0 Å². The number of halogens is 3. The van der Waals surface area contributed by atoms with E-state index in [1.165, 1.54) is 4.90 Å². The Kier molecular flexibility index (Phi) is 6.43. The van der Waals surface area contributed by atoms with E-state index in [1.54, 1.807) is 18.2 Å². The second-order valence-electron chi connectivity index (χ2n) is 6.26. The number of amides is 1. The van der Waals surface area contributed by atoms with Crippen molar-refractivity contribution < 1.29 is 13.9 Å². The van der Waals surface area contributed by atoms with E-state index in [-0.39, 0.29) is 12.5 Å². The highest BCUT2D eigenvalue weighted by molar-refractivity contribution is 9.11. The zero-order valence-corrected chi connectivity index (χ0v) is 20.8. The SMILES string of the molecule is O=C1/C(=C\c2ccc(COc3c(Br)cc(Br)cc3Br)o2)NC(=S)N1c1ccccc1. The predicted molar refractivity (Wildman–Crippen MR) is 130 cm³/mol. The summed E-state index contributed by atoms with van der Waals surface area (Å²) in [5.74, 6) is 1.58. The first kappa shape index (κ1) is 21.3. The van der Waals surface area contributed by atoms with E-state index in [0.717, 1.165) is 13.4 Å². The molecule has 3 aromatic rings. The van der Waals surface area contributed by atoms with E-state index in [2.05, 4.69) is 53.1 Å². The molecule has 4 rings (SSSR count). The summed E-state index contributed by atoms with van der Waals surface area (Å²) in [5.41, 5.74) is 1.06. The molecule has 0 atom stereocenters. The molecule has 152 valence electrons. The minimum absolute atomic E-state index is 0.233. The molecule has 1 saturated heterocycles. The summed E-state index contributed by atoms with van der Waals surface area (Å²) in [6, 6.07) is 16.6. The number of hydrogen-bond acceptors (Lipinski definition) is 4. The molecule has 30 heavy (non-hydrogen) atoms. The van der Waals surface area contributed by atoms with Crippen LogP contribution in [0.1, 0.15) is 11.5 Å². The molecule has 1 fully saturated rings. The molecule has 2 heterocycles. The van der Waals surface area contributed by atoms with Crippen molar-refractivity contribution >= 4 is 82.8 Å². The van der Waals surface area contributed by atoms with Crippen molar-refractivity contribution in [2.24, 2.45) is 0 Å². The summed E-state index contributed by atoms with van der Waals surface area (Å²) < 4.78 is 14.2. The molecule has 0 bridgehead atoms. The Morgan fingerprint density at radius 1 is 1.07 bits per heavy atom. The monoisotopic (exact) mass is 610 g/mol. The molecule has 2 aromatic carbocycles. The molecule has 0 spiro atoms. The number of anilines is 1. The fourth-order valence-corrected chi connectivity index (χ4v) is 5.63. The Morgan fingerprint density at radius 2 is 1.77 bits per heavy atom. The van der Waals surface area contributed by atoms with Crippen molar-refractivity contribution in [1.29, 1.82) is 0 Å². The maximum atomic E-state index is 12.8. The molecule has 0 saturated carbocycles. The molecular formula is C21H13Br3N2O3S. The quantitative estimate of drug-likeness (QED) is 0.267. The smallest absolute Gasteiger partial charge is 0.281 e. The largest absolute Gasteiger partial charge is 0.483 e. The molecule has 1 aliphatic rings. The van der Waals surface area contributed by atoms with Gasteiger partial charge in [0.05, 0.1) is 14.6 Å². The van der Waals surface area contributed by atoms with Crippen LogP contribution in [-0.2, 0) is 11.4 Å². The molecule has 5 nitrogen and oxygen atoms in total. The van der Waals surface area contributed by atoms with Crippen molar-refractivity contribution in [2.75, 3.05) is 4.90 Å². The predicted octanol–water partition coefficient (Wildman–Crippen LogP) is 6.41. The molecule has 1 aromatic heterocycles. The number of rotatable bonds is 5. The van der Waals surface area contributed by atoms with Crippen LogP contribution in [0.2, 0.25) is 0 Å². The average molecular weight is 613 g/mol.